The summed E-state index contributed by atoms with van der Waals surface area (Å²) in [5.74, 6) is 1.25. The van der Waals surface area contributed by atoms with Gasteiger partial charge in [-0.15, -0.1) is 0 Å². The first-order valence-electron chi connectivity index (χ1n) is 12.6. The van der Waals surface area contributed by atoms with Gasteiger partial charge in [-0.25, -0.2) is 0 Å². The van der Waals surface area contributed by atoms with Gasteiger partial charge in [0, 0.05) is 41.0 Å². The maximum atomic E-state index is 13.1. The van der Waals surface area contributed by atoms with Crippen molar-refractivity contribution in [3.8, 4) is 0 Å². The highest BCUT2D eigenvalue weighted by molar-refractivity contribution is 14.1. The van der Waals surface area contributed by atoms with Crippen molar-refractivity contribution in [3.05, 3.63) is 56.1 Å². The Morgan fingerprint density at radius 3 is 2.63 bits per heavy atom. The van der Waals surface area contributed by atoms with Gasteiger partial charge in [0.2, 0.25) is 17.8 Å². The Hall–Kier alpha value is -2.70. The van der Waals surface area contributed by atoms with E-state index in [0.29, 0.717) is 34.1 Å². The van der Waals surface area contributed by atoms with E-state index in [1.165, 1.54) is 0 Å². The Morgan fingerprint density at radius 2 is 1.95 bits per heavy atom. The number of nitrogens with one attached hydrogen (secondary N) is 4. The summed E-state index contributed by atoms with van der Waals surface area (Å²) >= 11 is 8.47. The van der Waals surface area contributed by atoms with E-state index in [2.05, 4.69) is 69.6 Å². The lowest BCUT2D eigenvalue weighted by atomic mass is 9.96. The van der Waals surface area contributed by atoms with Crippen LogP contribution in [0.2, 0.25) is 5.02 Å². The van der Waals surface area contributed by atoms with E-state index in [1.807, 2.05) is 37.1 Å². The molecule has 1 saturated heterocycles. The maximum Gasteiger partial charge on any atom is 0.255 e. The topological polar surface area (TPSA) is 107 Å². The molecule has 3 aromatic rings. The highest BCUT2D eigenvalue weighted by Gasteiger charge is 2.21. The second-order valence-corrected chi connectivity index (χ2v) is 12.3. The second-order valence-electron chi connectivity index (χ2n) is 10.7. The van der Waals surface area contributed by atoms with Crippen LogP contribution in [-0.4, -0.2) is 53.6 Å². The Labute approximate surface area is 242 Å². The molecule has 202 valence electrons. The number of hydrogen-bond donors (Lipinski definition) is 4. The largest absolute Gasteiger partial charge is 0.350 e. The Balaban J connectivity index is 1.61. The van der Waals surface area contributed by atoms with Crippen molar-refractivity contribution in [1.82, 2.24) is 20.3 Å². The summed E-state index contributed by atoms with van der Waals surface area (Å²) in [6.07, 6.45) is 1.00. The van der Waals surface area contributed by atoms with E-state index in [4.69, 9.17) is 21.6 Å². The van der Waals surface area contributed by atoms with E-state index in [-0.39, 0.29) is 17.4 Å². The van der Waals surface area contributed by atoms with Gasteiger partial charge in [-0.3, -0.25) is 4.79 Å². The average Bonchev–Trinajstić information content (AvgIpc) is 3.34. The highest BCUT2D eigenvalue weighted by atomic mass is 127. The van der Waals surface area contributed by atoms with Crippen LogP contribution >= 0.6 is 34.2 Å². The number of nitrogens with zero attached hydrogens (tertiary/aromatic N) is 4. The number of benzene rings is 2. The minimum atomic E-state index is -0.253. The Morgan fingerprint density at radius 1 is 1.18 bits per heavy atom. The van der Waals surface area contributed by atoms with E-state index < -0.39 is 0 Å². The van der Waals surface area contributed by atoms with Gasteiger partial charge in [-0.1, -0.05) is 44.5 Å². The fraction of sp³-hybridized carbons (Fsp3) is 0.407. The van der Waals surface area contributed by atoms with Gasteiger partial charge in [0.15, 0.2) is 0 Å². The van der Waals surface area contributed by atoms with Crippen LogP contribution in [0.5, 0.6) is 0 Å². The molecule has 4 N–H and O–H groups in total. The Kier molecular flexibility index (Phi) is 8.94. The van der Waals surface area contributed by atoms with E-state index >= 15 is 0 Å². The van der Waals surface area contributed by atoms with Crippen LogP contribution in [0.15, 0.2) is 36.4 Å². The first kappa shape index (κ1) is 28.3. The lowest BCUT2D eigenvalue weighted by Gasteiger charge is -2.27. The third kappa shape index (κ3) is 7.45. The second kappa shape index (κ2) is 12.0. The van der Waals surface area contributed by atoms with E-state index in [9.17, 15) is 4.79 Å². The van der Waals surface area contributed by atoms with Gasteiger partial charge in [0.25, 0.3) is 5.91 Å². The van der Waals surface area contributed by atoms with Gasteiger partial charge >= 0.3 is 0 Å². The normalized spacial score (nSPS) is 15.3. The number of carbonyl (C=O) groups is 1. The average molecular weight is 649 g/mol. The highest BCUT2D eigenvalue weighted by Crippen LogP contribution is 2.29. The number of anilines is 5. The van der Waals surface area contributed by atoms with Crippen LogP contribution in [0.25, 0.3) is 0 Å². The molecule has 0 unspecified atom stereocenters. The quantitative estimate of drug-likeness (QED) is 0.231. The van der Waals surface area contributed by atoms with Crippen LogP contribution in [0.3, 0.4) is 0 Å². The van der Waals surface area contributed by atoms with Crippen molar-refractivity contribution in [3.63, 3.8) is 0 Å². The molecule has 1 aromatic heterocycles. The molecular weight excluding hydrogens is 615 g/mol. The SMILES string of the molecule is Cc1ccc(C(=O)Nc2c(Cl)cccc2I)cc1Nc1nc(N[C@H]2CCNC2)nc(N(C)CC(C)(C)C)n1. The third-order valence-electron chi connectivity index (χ3n) is 6.02. The standard InChI is InChI=1S/C27H34ClIN8O/c1-16-9-10-17(23(38)33-22-19(28)7-6-8-20(22)29)13-21(16)32-25-34-24(31-18-11-12-30-14-18)35-26(36-25)37(5)15-27(2,3)4/h6-10,13,18,30H,11-12,14-15H2,1-5H3,(H,33,38)(H2,31,32,34,35,36)/t18-/m0/s1. The molecule has 1 aliphatic heterocycles. The number of para-hydroxylation sites is 1. The van der Waals surface area contributed by atoms with Crippen LogP contribution in [-0.2, 0) is 0 Å². The number of rotatable bonds is 8. The Bertz CT molecular complexity index is 1290. The molecule has 38 heavy (non-hydrogen) atoms. The van der Waals surface area contributed by atoms with Crippen molar-refractivity contribution >= 4 is 69.3 Å². The van der Waals surface area contributed by atoms with Crippen LogP contribution in [0.4, 0.5) is 29.2 Å². The summed E-state index contributed by atoms with van der Waals surface area (Å²) in [6.45, 7) is 11.1. The molecule has 0 radical (unpaired) electrons. The summed E-state index contributed by atoms with van der Waals surface area (Å²) in [5, 5.41) is 13.5. The fourth-order valence-corrected chi connectivity index (χ4v) is 5.23. The summed E-state index contributed by atoms with van der Waals surface area (Å²) in [4.78, 5) is 29.2. The minimum absolute atomic E-state index is 0.0652. The zero-order valence-corrected chi connectivity index (χ0v) is 25.2. The molecule has 1 atom stereocenters. The molecular formula is C27H34ClIN8O. The molecule has 0 spiro atoms. The number of aromatic nitrogens is 3. The van der Waals surface area contributed by atoms with Gasteiger partial charge < -0.3 is 26.2 Å². The lowest BCUT2D eigenvalue weighted by Crippen LogP contribution is -2.31. The number of amides is 1. The minimum Gasteiger partial charge on any atom is -0.350 e. The number of hydrogen-bond acceptors (Lipinski definition) is 8. The molecule has 1 aliphatic rings. The van der Waals surface area contributed by atoms with Gasteiger partial charge in [-0.2, -0.15) is 15.0 Å². The predicted molar refractivity (Wildman–Crippen MR) is 164 cm³/mol. The summed E-state index contributed by atoms with van der Waals surface area (Å²) < 4.78 is 0.864. The molecule has 2 heterocycles. The molecule has 1 fully saturated rings. The fourth-order valence-electron chi connectivity index (χ4n) is 4.22. The summed E-state index contributed by atoms with van der Waals surface area (Å²) in [6, 6.07) is 11.2. The van der Waals surface area contributed by atoms with E-state index in [0.717, 1.165) is 40.9 Å². The zero-order valence-electron chi connectivity index (χ0n) is 22.3. The first-order chi connectivity index (χ1) is 18.0. The number of aryl methyl sites for hydroxylation is 1. The molecule has 0 bridgehead atoms. The summed E-state index contributed by atoms with van der Waals surface area (Å²) in [7, 11) is 1.98. The van der Waals surface area contributed by atoms with Crippen molar-refractivity contribution in [2.75, 3.05) is 47.5 Å². The van der Waals surface area contributed by atoms with Crippen LogP contribution in [0.1, 0.15) is 43.1 Å². The monoisotopic (exact) mass is 648 g/mol. The smallest absolute Gasteiger partial charge is 0.255 e. The molecule has 9 nitrogen and oxygen atoms in total. The maximum absolute atomic E-state index is 13.1. The lowest BCUT2D eigenvalue weighted by molar-refractivity contribution is 0.102. The van der Waals surface area contributed by atoms with Gasteiger partial charge in [0.05, 0.1) is 10.7 Å². The van der Waals surface area contributed by atoms with Crippen molar-refractivity contribution in [2.24, 2.45) is 5.41 Å². The van der Waals surface area contributed by atoms with Crippen LogP contribution in [0, 0.1) is 15.9 Å². The number of carbonyl (C=O) groups excluding carboxylic acids is 1. The predicted octanol–water partition coefficient (Wildman–Crippen LogP) is 5.69. The molecule has 2 aromatic carbocycles. The molecule has 0 aliphatic carbocycles. The van der Waals surface area contributed by atoms with Crippen molar-refractivity contribution < 1.29 is 4.79 Å². The van der Waals surface area contributed by atoms with Crippen LogP contribution < -0.4 is 26.2 Å². The zero-order chi connectivity index (χ0) is 27.4. The van der Waals surface area contributed by atoms with Crippen molar-refractivity contribution in [1.29, 1.82) is 0 Å². The van der Waals surface area contributed by atoms with Gasteiger partial charge in [-0.05, 0) is 77.7 Å². The first-order valence-corrected chi connectivity index (χ1v) is 14.0. The van der Waals surface area contributed by atoms with Crippen molar-refractivity contribution in [2.45, 2.75) is 40.2 Å². The third-order valence-corrected chi connectivity index (χ3v) is 7.23. The van der Waals surface area contributed by atoms with Gasteiger partial charge in [0.1, 0.15) is 0 Å². The molecule has 11 heteroatoms. The summed E-state index contributed by atoms with van der Waals surface area (Å²) in [5.41, 5.74) is 2.83. The molecule has 1 amide bonds. The molecule has 4 rings (SSSR count). The van der Waals surface area contributed by atoms with E-state index in [1.54, 1.807) is 18.2 Å². The molecule has 0 saturated carbocycles. The number of halogens is 2.